The topological polar surface area (TPSA) is 70.9 Å². The van der Waals surface area contributed by atoms with Gasteiger partial charge in [-0.25, -0.2) is 4.79 Å². The van der Waals surface area contributed by atoms with Crippen LogP contribution in [0.25, 0.3) is 0 Å². The number of hydrogen-bond donors (Lipinski definition) is 2. The van der Waals surface area contributed by atoms with E-state index < -0.39 is 5.97 Å². The van der Waals surface area contributed by atoms with E-state index in [1.807, 2.05) is 54.6 Å². The van der Waals surface area contributed by atoms with Gasteiger partial charge in [-0.15, -0.1) is 0 Å². The molecule has 0 amide bonds. The third kappa shape index (κ3) is 4.08. The second-order valence-corrected chi connectivity index (χ2v) is 5.55. The predicted octanol–water partition coefficient (Wildman–Crippen LogP) is 4.26. The Bertz CT molecular complexity index is 920. The van der Waals surface area contributed by atoms with Gasteiger partial charge in [-0.1, -0.05) is 36.4 Å². The van der Waals surface area contributed by atoms with Crippen LogP contribution in [0.3, 0.4) is 0 Å². The number of hydrazone groups is 1. The standard InChI is InChI=1S/C21H18N2O3/c1-26-19-12-10-16(11-13-19)20(15-6-3-2-4-7-15)23-22-18-9-5-8-17(14-18)21(24)25/h2-14,22H,1H3,(H,24,25)/b23-20-. The number of carboxylic acid groups (broad SMARTS) is 1. The lowest BCUT2D eigenvalue weighted by Crippen LogP contribution is -2.07. The Balaban J connectivity index is 1.96. The summed E-state index contributed by atoms with van der Waals surface area (Å²) in [6.45, 7) is 0. The third-order valence-electron chi connectivity index (χ3n) is 3.82. The number of benzene rings is 3. The molecule has 3 aromatic carbocycles. The van der Waals surface area contributed by atoms with Gasteiger partial charge in [0, 0.05) is 11.1 Å². The molecule has 0 fully saturated rings. The molecule has 0 spiro atoms. The smallest absolute Gasteiger partial charge is 0.335 e. The first-order valence-corrected chi connectivity index (χ1v) is 8.04. The molecule has 26 heavy (non-hydrogen) atoms. The van der Waals surface area contributed by atoms with Crippen molar-refractivity contribution >= 4 is 17.4 Å². The summed E-state index contributed by atoms with van der Waals surface area (Å²) >= 11 is 0. The highest BCUT2D eigenvalue weighted by Crippen LogP contribution is 2.17. The van der Waals surface area contributed by atoms with Gasteiger partial charge >= 0.3 is 5.97 Å². The van der Waals surface area contributed by atoms with Crippen LogP contribution < -0.4 is 10.2 Å². The zero-order valence-electron chi connectivity index (χ0n) is 14.2. The summed E-state index contributed by atoms with van der Waals surface area (Å²) in [5.41, 5.74) is 6.37. The SMILES string of the molecule is COc1ccc(/C(=N\Nc2cccc(C(=O)O)c2)c2ccccc2)cc1. The number of rotatable bonds is 6. The van der Waals surface area contributed by atoms with Crippen molar-refractivity contribution in [2.24, 2.45) is 5.10 Å². The average molecular weight is 346 g/mol. The zero-order chi connectivity index (χ0) is 18.4. The minimum absolute atomic E-state index is 0.205. The van der Waals surface area contributed by atoms with Crippen LogP contribution in [0, 0.1) is 0 Å². The first-order chi connectivity index (χ1) is 12.7. The van der Waals surface area contributed by atoms with Gasteiger partial charge in [-0.05, 0) is 42.5 Å². The van der Waals surface area contributed by atoms with E-state index in [0.717, 1.165) is 22.6 Å². The van der Waals surface area contributed by atoms with Crippen molar-refractivity contribution in [1.82, 2.24) is 0 Å². The molecular weight excluding hydrogens is 328 g/mol. The highest BCUT2D eigenvalue weighted by atomic mass is 16.5. The van der Waals surface area contributed by atoms with Crippen LogP contribution in [-0.2, 0) is 0 Å². The molecule has 3 rings (SSSR count). The quantitative estimate of drug-likeness (QED) is 0.517. The molecule has 0 atom stereocenters. The summed E-state index contributed by atoms with van der Waals surface area (Å²) in [6, 6.07) is 23.9. The molecule has 0 aliphatic heterocycles. The molecule has 5 nitrogen and oxygen atoms in total. The minimum atomic E-state index is -0.976. The van der Waals surface area contributed by atoms with E-state index in [4.69, 9.17) is 9.84 Å². The molecular formula is C21H18N2O3. The minimum Gasteiger partial charge on any atom is -0.497 e. The average Bonchev–Trinajstić information content (AvgIpc) is 2.69. The summed E-state index contributed by atoms with van der Waals surface area (Å²) in [7, 11) is 1.62. The second-order valence-electron chi connectivity index (χ2n) is 5.55. The lowest BCUT2D eigenvalue weighted by Gasteiger charge is -2.10. The molecule has 0 aromatic heterocycles. The van der Waals surface area contributed by atoms with E-state index in [9.17, 15) is 4.79 Å². The Morgan fingerprint density at radius 1 is 0.885 bits per heavy atom. The van der Waals surface area contributed by atoms with Crippen LogP contribution in [0.2, 0.25) is 0 Å². The van der Waals surface area contributed by atoms with Crippen LogP contribution in [0.5, 0.6) is 5.75 Å². The summed E-state index contributed by atoms with van der Waals surface area (Å²) in [6.07, 6.45) is 0. The maximum absolute atomic E-state index is 11.1. The molecule has 0 aliphatic carbocycles. The Morgan fingerprint density at radius 3 is 2.19 bits per heavy atom. The fourth-order valence-corrected chi connectivity index (χ4v) is 2.48. The Morgan fingerprint density at radius 2 is 1.54 bits per heavy atom. The highest BCUT2D eigenvalue weighted by molar-refractivity contribution is 6.13. The Hall–Kier alpha value is -3.60. The van der Waals surface area contributed by atoms with E-state index >= 15 is 0 Å². The molecule has 0 saturated carbocycles. The molecule has 5 heteroatoms. The number of carbonyl (C=O) groups is 1. The number of methoxy groups -OCH3 is 1. The van der Waals surface area contributed by atoms with Crippen LogP contribution >= 0.6 is 0 Å². The molecule has 0 saturated heterocycles. The van der Waals surface area contributed by atoms with E-state index in [1.165, 1.54) is 0 Å². The van der Waals surface area contributed by atoms with Gasteiger partial charge in [0.15, 0.2) is 0 Å². The van der Waals surface area contributed by atoms with Gasteiger partial charge in [0.05, 0.1) is 24.1 Å². The molecule has 0 heterocycles. The van der Waals surface area contributed by atoms with Crippen LogP contribution in [0.1, 0.15) is 21.5 Å². The summed E-state index contributed by atoms with van der Waals surface area (Å²) in [5, 5.41) is 13.6. The van der Waals surface area contributed by atoms with Crippen molar-refractivity contribution in [3.8, 4) is 5.75 Å². The molecule has 130 valence electrons. The monoisotopic (exact) mass is 346 g/mol. The van der Waals surface area contributed by atoms with E-state index in [-0.39, 0.29) is 5.56 Å². The molecule has 2 N–H and O–H groups in total. The van der Waals surface area contributed by atoms with Crippen molar-refractivity contribution in [2.45, 2.75) is 0 Å². The van der Waals surface area contributed by atoms with Gasteiger partial charge in [-0.3, -0.25) is 5.43 Å². The van der Waals surface area contributed by atoms with Crippen LogP contribution in [0.15, 0.2) is 84.0 Å². The predicted molar refractivity (Wildman–Crippen MR) is 102 cm³/mol. The lowest BCUT2D eigenvalue weighted by molar-refractivity contribution is 0.0697. The summed E-state index contributed by atoms with van der Waals surface area (Å²) in [5.74, 6) is -0.209. The number of carboxylic acids is 1. The number of hydrogen-bond acceptors (Lipinski definition) is 4. The van der Waals surface area contributed by atoms with Gasteiger partial charge in [0.1, 0.15) is 5.75 Å². The fraction of sp³-hybridized carbons (Fsp3) is 0.0476. The second kappa shape index (κ2) is 7.98. The van der Waals surface area contributed by atoms with Crippen molar-refractivity contribution in [3.63, 3.8) is 0 Å². The van der Waals surface area contributed by atoms with Gasteiger partial charge in [-0.2, -0.15) is 5.10 Å². The van der Waals surface area contributed by atoms with E-state index in [1.54, 1.807) is 31.4 Å². The summed E-state index contributed by atoms with van der Waals surface area (Å²) < 4.78 is 5.21. The third-order valence-corrected chi connectivity index (χ3v) is 3.82. The normalized spacial score (nSPS) is 11.0. The molecule has 0 aliphatic rings. The fourth-order valence-electron chi connectivity index (χ4n) is 2.48. The van der Waals surface area contributed by atoms with Crippen molar-refractivity contribution in [1.29, 1.82) is 0 Å². The number of aromatic carboxylic acids is 1. The Labute approximate surface area is 151 Å². The number of nitrogens with zero attached hydrogens (tertiary/aromatic N) is 1. The van der Waals surface area contributed by atoms with Crippen LogP contribution in [-0.4, -0.2) is 23.9 Å². The number of anilines is 1. The van der Waals surface area contributed by atoms with Crippen molar-refractivity contribution in [3.05, 3.63) is 95.6 Å². The van der Waals surface area contributed by atoms with Crippen molar-refractivity contribution < 1.29 is 14.6 Å². The van der Waals surface area contributed by atoms with E-state index in [0.29, 0.717) is 5.69 Å². The number of nitrogens with one attached hydrogen (secondary N) is 1. The highest BCUT2D eigenvalue weighted by Gasteiger charge is 2.08. The summed E-state index contributed by atoms with van der Waals surface area (Å²) in [4.78, 5) is 11.1. The first kappa shape index (κ1) is 17.2. The Kier molecular flexibility index (Phi) is 5.29. The van der Waals surface area contributed by atoms with Crippen molar-refractivity contribution in [2.75, 3.05) is 12.5 Å². The van der Waals surface area contributed by atoms with Gasteiger partial charge in [0.25, 0.3) is 0 Å². The largest absolute Gasteiger partial charge is 0.497 e. The molecule has 0 radical (unpaired) electrons. The zero-order valence-corrected chi connectivity index (χ0v) is 14.2. The molecule has 3 aromatic rings. The van der Waals surface area contributed by atoms with Gasteiger partial charge < -0.3 is 9.84 Å². The molecule has 0 unspecified atom stereocenters. The maximum atomic E-state index is 11.1. The van der Waals surface area contributed by atoms with Crippen LogP contribution in [0.4, 0.5) is 5.69 Å². The number of ether oxygens (including phenoxy) is 1. The lowest BCUT2D eigenvalue weighted by atomic mass is 10.0. The maximum Gasteiger partial charge on any atom is 0.335 e. The molecule has 0 bridgehead atoms. The van der Waals surface area contributed by atoms with Gasteiger partial charge in [0.2, 0.25) is 0 Å². The van der Waals surface area contributed by atoms with E-state index in [2.05, 4.69) is 10.5 Å². The first-order valence-electron chi connectivity index (χ1n) is 8.04.